The molecule has 0 amide bonds. The highest BCUT2D eigenvalue weighted by molar-refractivity contribution is 6.29. The molecule has 0 unspecified atom stereocenters. The highest BCUT2D eigenvalue weighted by Crippen LogP contribution is 2.35. The van der Waals surface area contributed by atoms with E-state index in [0.29, 0.717) is 27.9 Å². The van der Waals surface area contributed by atoms with Gasteiger partial charge in [0.05, 0.1) is 17.8 Å². The van der Waals surface area contributed by atoms with Crippen LogP contribution in [-0.4, -0.2) is 15.2 Å². The van der Waals surface area contributed by atoms with Gasteiger partial charge in [-0.15, -0.1) is 0 Å². The fourth-order valence-corrected chi connectivity index (χ4v) is 2.97. The first-order valence-corrected chi connectivity index (χ1v) is 9.26. The Morgan fingerprint density at radius 1 is 1.10 bits per heavy atom. The second-order valence-electron chi connectivity index (χ2n) is 6.23. The van der Waals surface area contributed by atoms with E-state index in [0.717, 1.165) is 5.56 Å². The van der Waals surface area contributed by atoms with Crippen LogP contribution in [0.3, 0.4) is 0 Å². The lowest BCUT2D eigenvalue weighted by atomic mass is 10.1. The minimum Gasteiger partial charge on any atom is -0.486 e. The molecule has 1 N–H and O–H groups in total. The van der Waals surface area contributed by atoms with Crippen LogP contribution in [-0.2, 0) is 6.61 Å². The zero-order valence-corrected chi connectivity index (χ0v) is 16.2. The van der Waals surface area contributed by atoms with Crippen LogP contribution in [0.5, 0.6) is 17.2 Å². The van der Waals surface area contributed by atoms with Gasteiger partial charge in [0, 0.05) is 11.8 Å². The first kappa shape index (κ1) is 19.4. The number of ether oxygens (including phenoxy) is 2. The number of hydrogen-bond acceptors (Lipinski definition) is 5. The van der Waals surface area contributed by atoms with Crippen molar-refractivity contribution < 1.29 is 13.9 Å². The van der Waals surface area contributed by atoms with Gasteiger partial charge in [0.1, 0.15) is 23.2 Å². The molecule has 0 atom stereocenters. The van der Waals surface area contributed by atoms with Gasteiger partial charge in [-0.1, -0.05) is 17.7 Å². The average molecular weight is 421 g/mol. The molecule has 0 bridgehead atoms. The van der Waals surface area contributed by atoms with E-state index in [1.807, 2.05) is 6.07 Å². The zero-order chi connectivity index (χ0) is 20.9. The van der Waals surface area contributed by atoms with Crippen LogP contribution in [0.2, 0.25) is 5.15 Å². The van der Waals surface area contributed by atoms with Crippen molar-refractivity contribution in [2.45, 2.75) is 6.61 Å². The molecule has 2 heterocycles. The summed E-state index contributed by atoms with van der Waals surface area (Å²) in [5, 5.41) is 16.1. The molecule has 148 valence electrons. The standard InChI is InChI=1S/C22H14ClFN4O2/c23-20-10-15(8-9-26-20)13-29-18-3-1-2-17(21(18)24)22-19(12-27-28-22)30-16-6-4-14(11-25)5-7-16/h1-10,12H,13H2,(H,27,28). The Kier molecular flexibility index (Phi) is 5.59. The summed E-state index contributed by atoms with van der Waals surface area (Å²) in [5.74, 6) is 0.359. The largest absolute Gasteiger partial charge is 0.486 e. The Labute approximate surface area is 176 Å². The monoisotopic (exact) mass is 420 g/mol. The zero-order valence-electron chi connectivity index (χ0n) is 15.5. The number of rotatable bonds is 6. The highest BCUT2D eigenvalue weighted by atomic mass is 35.5. The molecule has 0 saturated heterocycles. The predicted octanol–water partition coefficient (Wildman–Crippen LogP) is 5.51. The predicted molar refractivity (Wildman–Crippen MR) is 109 cm³/mol. The maximum Gasteiger partial charge on any atom is 0.174 e. The molecule has 0 aliphatic heterocycles. The molecule has 4 aromatic rings. The van der Waals surface area contributed by atoms with E-state index >= 15 is 4.39 Å². The van der Waals surface area contributed by atoms with Crippen molar-refractivity contribution in [1.82, 2.24) is 15.2 Å². The maximum atomic E-state index is 15.1. The second kappa shape index (κ2) is 8.64. The summed E-state index contributed by atoms with van der Waals surface area (Å²) in [6.07, 6.45) is 3.09. The van der Waals surface area contributed by atoms with Gasteiger partial charge in [-0.2, -0.15) is 10.4 Å². The highest BCUT2D eigenvalue weighted by Gasteiger charge is 2.18. The summed E-state index contributed by atoms with van der Waals surface area (Å²) >= 11 is 5.87. The quantitative estimate of drug-likeness (QED) is 0.416. The van der Waals surface area contributed by atoms with Crippen LogP contribution in [0.1, 0.15) is 11.1 Å². The van der Waals surface area contributed by atoms with Crippen molar-refractivity contribution in [2.75, 3.05) is 0 Å². The Morgan fingerprint density at radius 2 is 1.93 bits per heavy atom. The molecule has 30 heavy (non-hydrogen) atoms. The van der Waals surface area contributed by atoms with Crippen LogP contribution >= 0.6 is 11.6 Å². The van der Waals surface area contributed by atoms with Crippen LogP contribution in [0.15, 0.2) is 67.0 Å². The summed E-state index contributed by atoms with van der Waals surface area (Å²) in [7, 11) is 0. The van der Waals surface area contributed by atoms with Crippen LogP contribution in [0.4, 0.5) is 4.39 Å². The van der Waals surface area contributed by atoms with Gasteiger partial charge in [0.15, 0.2) is 17.3 Å². The SMILES string of the molecule is N#Cc1ccc(Oc2c[nH]nc2-c2cccc(OCc3ccnc(Cl)c3)c2F)cc1. The summed E-state index contributed by atoms with van der Waals surface area (Å²) in [4.78, 5) is 3.91. The summed E-state index contributed by atoms with van der Waals surface area (Å²) < 4.78 is 26.6. The molecule has 0 spiro atoms. The van der Waals surface area contributed by atoms with Crippen molar-refractivity contribution in [3.05, 3.63) is 89.1 Å². The number of halogens is 2. The number of nitrogens with zero attached hydrogens (tertiary/aromatic N) is 3. The summed E-state index contributed by atoms with van der Waals surface area (Å²) in [5.41, 5.74) is 1.81. The number of benzene rings is 2. The molecule has 2 aromatic heterocycles. The molecular weight excluding hydrogens is 407 g/mol. The third-order valence-corrected chi connectivity index (χ3v) is 4.43. The molecule has 0 fully saturated rings. The number of nitriles is 1. The average Bonchev–Trinajstić information content (AvgIpc) is 3.21. The fraction of sp³-hybridized carbons (Fsp3) is 0.0455. The van der Waals surface area contributed by atoms with Crippen LogP contribution in [0, 0.1) is 17.1 Å². The molecule has 0 saturated carbocycles. The molecule has 0 radical (unpaired) electrons. The molecule has 0 aliphatic carbocycles. The fourth-order valence-electron chi connectivity index (χ4n) is 2.77. The van der Waals surface area contributed by atoms with Crippen molar-refractivity contribution in [3.63, 3.8) is 0 Å². The number of pyridine rings is 1. The van der Waals surface area contributed by atoms with Crippen molar-refractivity contribution in [3.8, 4) is 34.6 Å². The third-order valence-electron chi connectivity index (χ3n) is 4.22. The van der Waals surface area contributed by atoms with Gasteiger partial charge < -0.3 is 9.47 Å². The Hall–Kier alpha value is -3.89. The van der Waals surface area contributed by atoms with E-state index in [2.05, 4.69) is 15.2 Å². The Balaban J connectivity index is 1.57. The van der Waals surface area contributed by atoms with Gasteiger partial charge in [0.25, 0.3) is 0 Å². The molecule has 2 aromatic carbocycles. The van der Waals surface area contributed by atoms with Crippen molar-refractivity contribution >= 4 is 11.6 Å². The van der Waals surface area contributed by atoms with E-state index in [1.165, 1.54) is 12.3 Å². The number of aromatic nitrogens is 3. The first-order chi connectivity index (χ1) is 14.6. The lowest BCUT2D eigenvalue weighted by molar-refractivity contribution is 0.290. The maximum absolute atomic E-state index is 15.1. The summed E-state index contributed by atoms with van der Waals surface area (Å²) in [6.45, 7) is 0.137. The topological polar surface area (TPSA) is 83.8 Å². The van der Waals surface area contributed by atoms with Gasteiger partial charge in [0.2, 0.25) is 0 Å². The molecule has 4 rings (SSSR count). The third kappa shape index (κ3) is 4.24. The van der Waals surface area contributed by atoms with Crippen molar-refractivity contribution in [2.24, 2.45) is 0 Å². The number of aromatic amines is 1. The van der Waals surface area contributed by atoms with Gasteiger partial charge in [-0.3, -0.25) is 5.10 Å². The lowest BCUT2D eigenvalue weighted by Gasteiger charge is -2.11. The molecule has 0 aliphatic rings. The Bertz CT molecular complexity index is 1220. The first-order valence-electron chi connectivity index (χ1n) is 8.88. The molecular formula is C22H14ClFN4O2. The van der Waals surface area contributed by atoms with Gasteiger partial charge in [-0.05, 0) is 54.1 Å². The molecule has 6 nitrogen and oxygen atoms in total. The van der Waals surface area contributed by atoms with Crippen LogP contribution in [0.25, 0.3) is 11.3 Å². The minimum atomic E-state index is -0.561. The van der Waals surface area contributed by atoms with E-state index in [1.54, 1.807) is 54.7 Å². The van der Waals surface area contributed by atoms with E-state index < -0.39 is 5.82 Å². The number of H-pyrrole nitrogens is 1. The normalized spacial score (nSPS) is 10.4. The smallest absolute Gasteiger partial charge is 0.174 e. The summed E-state index contributed by atoms with van der Waals surface area (Å²) in [6, 6.07) is 16.8. The van der Waals surface area contributed by atoms with E-state index in [9.17, 15) is 0 Å². The number of hydrogen-bond donors (Lipinski definition) is 1. The lowest BCUT2D eigenvalue weighted by Crippen LogP contribution is -1.99. The minimum absolute atomic E-state index is 0.0766. The van der Waals surface area contributed by atoms with Gasteiger partial charge in [-0.25, -0.2) is 9.37 Å². The van der Waals surface area contributed by atoms with Gasteiger partial charge >= 0.3 is 0 Å². The van der Waals surface area contributed by atoms with Crippen molar-refractivity contribution in [1.29, 1.82) is 5.26 Å². The van der Waals surface area contributed by atoms with E-state index in [-0.39, 0.29) is 17.9 Å². The van der Waals surface area contributed by atoms with Crippen LogP contribution < -0.4 is 9.47 Å². The molecule has 8 heteroatoms. The number of nitrogens with one attached hydrogen (secondary N) is 1. The second-order valence-corrected chi connectivity index (χ2v) is 6.62. The van der Waals surface area contributed by atoms with E-state index in [4.69, 9.17) is 26.3 Å². The Morgan fingerprint density at radius 3 is 2.70 bits per heavy atom.